The van der Waals surface area contributed by atoms with Gasteiger partial charge in [-0.1, -0.05) is 54.8 Å². The van der Waals surface area contributed by atoms with Crippen LogP contribution in [0, 0.1) is 5.92 Å². The predicted octanol–water partition coefficient (Wildman–Crippen LogP) is 6.12. The zero-order valence-electron chi connectivity index (χ0n) is 18.6. The number of aromatic nitrogens is 1. The summed E-state index contributed by atoms with van der Waals surface area (Å²) in [7, 11) is 0. The van der Waals surface area contributed by atoms with Gasteiger partial charge in [-0.3, -0.25) is 0 Å². The molecule has 1 aromatic carbocycles. The lowest BCUT2D eigenvalue weighted by Crippen LogP contribution is -2.48. The Kier molecular flexibility index (Phi) is 6.89. The van der Waals surface area contributed by atoms with Gasteiger partial charge in [-0.2, -0.15) is 0 Å². The lowest BCUT2D eigenvalue weighted by atomic mass is 9.85. The molecule has 1 N–H and O–H groups in total. The molecule has 2 aromatic rings. The largest absolute Gasteiger partial charge is 0.444 e. The third kappa shape index (κ3) is 5.41. The highest BCUT2D eigenvalue weighted by Gasteiger charge is 2.45. The summed E-state index contributed by atoms with van der Waals surface area (Å²) in [6.07, 6.45) is 5.61. The number of halogens is 1. The quantitative estimate of drug-likeness (QED) is 0.582. The Bertz CT molecular complexity index is 896. The minimum Gasteiger partial charge on any atom is -0.444 e. The van der Waals surface area contributed by atoms with Crippen molar-refractivity contribution in [2.75, 3.05) is 6.54 Å². The van der Waals surface area contributed by atoms with Crippen LogP contribution in [0.5, 0.6) is 0 Å². The van der Waals surface area contributed by atoms with Crippen molar-refractivity contribution >= 4 is 29.0 Å². The van der Waals surface area contributed by atoms with Crippen molar-refractivity contribution in [1.82, 2.24) is 15.2 Å². The molecule has 1 saturated carbocycles. The molecule has 3 atom stereocenters. The third-order valence-corrected chi connectivity index (χ3v) is 7.53. The van der Waals surface area contributed by atoms with Gasteiger partial charge in [0.2, 0.25) is 0 Å². The van der Waals surface area contributed by atoms with E-state index in [1.165, 1.54) is 30.6 Å². The van der Waals surface area contributed by atoms with E-state index < -0.39 is 5.60 Å². The van der Waals surface area contributed by atoms with Crippen molar-refractivity contribution in [2.45, 2.75) is 77.1 Å². The van der Waals surface area contributed by atoms with Crippen LogP contribution in [0.2, 0.25) is 4.34 Å². The average Bonchev–Trinajstić information content (AvgIpc) is 3.28. The van der Waals surface area contributed by atoms with E-state index in [1.54, 1.807) is 0 Å². The predicted molar refractivity (Wildman–Crippen MR) is 126 cm³/mol. The Hall–Kier alpha value is -1.63. The maximum Gasteiger partial charge on any atom is 0.410 e. The lowest BCUT2D eigenvalue weighted by molar-refractivity contribution is 0.0104. The van der Waals surface area contributed by atoms with Crippen LogP contribution in [0.3, 0.4) is 0 Å². The Balaban J connectivity index is 1.41. The highest BCUT2D eigenvalue weighted by molar-refractivity contribution is 7.19. The standard InChI is InChI=1S/C24H32ClN3O2S/c1-24(2,3)30-23(29)28-18(13-17-11-7-8-12-20(17)28)14-26-15-19-21(25)31-22(27-19)16-9-5-4-6-10-16/h4-6,9-10,17-18,20,26H,7-8,11-15H2,1-3H3/t17-,18+,20-/m0/s1. The summed E-state index contributed by atoms with van der Waals surface area (Å²) in [5.74, 6) is 0.584. The first-order valence-corrected chi connectivity index (χ1v) is 12.4. The molecule has 7 heteroatoms. The maximum absolute atomic E-state index is 13.0. The first-order chi connectivity index (χ1) is 14.8. The van der Waals surface area contributed by atoms with E-state index in [4.69, 9.17) is 21.3 Å². The Labute approximate surface area is 194 Å². The second kappa shape index (κ2) is 9.47. The van der Waals surface area contributed by atoms with Crippen LogP contribution in [-0.4, -0.2) is 40.2 Å². The van der Waals surface area contributed by atoms with Crippen LogP contribution >= 0.6 is 22.9 Å². The second-order valence-electron chi connectivity index (χ2n) is 9.63. The Morgan fingerprint density at radius 1 is 1.26 bits per heavy atom. The van der Waals surface area contributed by atoms with E-state index >= 15 is 0 Å². The summed E-state index contributed by atoms with van der Waals surface area (Å²) in [5.41, 5.74) is 1.46. The number of rotatable bonds is 5. The highest BCUT2D eigenvalue weighted by atomic mass is 35.5. The zero-order chi connectivity index (χ0) is 22.0. The van der Waals surface area contributed by atoms with Crippen LogP contribution in [0.25, 0.3) is 10.6 Å². The lowest BCUT2D eigenvalue weighted by Gasteiger charge is -2.35. The molecule has 2 aliphatic rings. The maximum atomic E-state index is 13.0. The second-order valence-corrected chi connectivity index (χ2v) is 11.2. The summed E-state index contributed by atoms with van der Waals surface area (Å²) < 4.78 is 6.48. The van der Waals surface area contributed by atoms with Gasteiger partial charge < -0.3 is 15.0 Å². The molecule has 1 saturated heterocycles. The van der Waals surface area contributed by atoms with E-state index in [0.29, 0.717) is 18.5 Å². The summed E-state index contributed by atoms with van der Waals surface area (Å²) in [6.45, 7) is 7.11. The average molecular weight is 462 g/mol. The van der Waals surface area contributed by atoms with E-state index in [9.17, 15) is 4.79 Å². The number of nitrogens with one attached hydrogen (secondary N) is 1. The molecule has 0 unspecified atom stereocenters. The fourth-order valence-electron chi connectivity index (χ4n) is 4.85. The highest BCUT2D eigenvalue weighted by Crippen LogP contribution is 2.40. The van der Waals surface area contributed by atoms with Crippen molar-refractivity contribution < 1.29 is 9.53 Å². The van der Waals surface area contributed by atoms with Crippen LogP contribution in [0.1, 0.15) is 58.6 Å². The number of amides is 1. The molecule has 31 heavy (non-hydrogen) atoms. The van der Waals surface area contributed by atoms with Crippen LogP contribution in [0.4, 0.5) is 4.79 Å². The minimum atomic E-state index is -0.482. The molecule has 168 valence electrons. The summed E-state index contributed by atoms with van der Waals surface area (Å²) in [4.78, 5) is 19.8. The number of hydrogen-bond acceptors (Lipinski definition) is 5. The van der Waals surface area contributed by atoms with Crippen LogP contribution in [0.15, 0.2) is 30.3 Å². The monoisotopic (exact) mass is 461 g/mol. The summed E-state index contributed by atoms with van der Waals surface area (Å²) >= 11 is 7.98. The Morgan fingerprint density at radius 3 is 2.74 bits per heavy atom. The molecule has 4 rings (SSSR count). The number of carbonyl (C=O) groups excluding carboxylic acids is 1. The molecule has 0 radical (unpaired) electrons. The van der Waals surface area contributed by atoms with E-state index in [2.05, 4.69) is 5.32 Å². The first-order valence-electron chi connectivity index (χ1n) is 11.2. The smallest absolute Gasteiger partial charge is 0.410 e. The van der Waals surface area contributed by atoms with E-state index in [-0.39, 0.29) is 12.1 Å². The normalized spacial score (nSPS) is 23.6. The fourth-order valence-corrected chi connectivity index (χ4v) is 5.99. The van der Waals surface area contributed by atoms with Gasteiger partial charge in [0.25, 0.3) is 0 Å². The molecule has 2 heterocycles. The molecule has 5 nitrogen and oxygen atoms in total. The Morgan fingerprint density at radius 2 is 2.00 bits per heavy atom. The molecular formula is C24H32ClN3O2S. The van der Waals surface area contributed by atoms with Gasteiger partial charge in [0.15, 0.2) is 0 Å². The van der Waals surface area contributed by atoms with Gasteiger partial charge in [0, 0.05) is 30.7 Å². The third-order valence-electron chi connectivity index (χ3n) is 6.14. The molecule has 1 aliphatic heterocycles. The number of nitrogens with zero attached hydrogens (tertiary/aromatic N) is 2. The van der Waals surface area contributed by atoms with Gasteiger partial charge in [0.1, 0.15) is 14.9 Å². The van der Waals surface area contributed by atoms with Crippen molar-refractivity contribution in [2.24, 2.45) is 5.92 Å². The number of carbonyl (C=O) groups is 1. The van der Waals surface area contributed by atoms with E-state index in [1.807, 2.05) is 56.0 Å². The zero-order valence-corrected chi connectivity index (χ0v) is 20.1. The number of fused-ring (bicyclic) bond motifs is 1. The fraction of sp³-hybridized carbons (Fsp3) is 0.583. The summed E-state index contributed by atoms with van der Waals surface area (Å²) in [6, 6.07) is 10.6. The van der Waals surface area contributed by atoms with E-state index in [0.717, 1.165) is 40.0 Å². The molecular weight excluding hydrogens is 430 g/mol. The van der Waals surface area contributed by atoms with Crippen molar-refractivity contribution in [1.29, 1.82) is 0 Å². The van der Waals surface area contributed by atoms with Crippen molar-refractivity contribution in [3.63, 3.8) is 0 Å². The molecule has 0 spiro atoms. The number of likely N-dealkylation sites (tertiary alicyclic amines) is 1. The molecule has 1 amide bonds. The molecule has 1 aliphatic carbocycles. The van der Waals surface area contributed by atoms with Gasteiger partial charge in [-0.15, -0.1) is 11.3 Å². The topological polar surface area (TPSA) is 54.5 Å². The number of hydrogen-bond donors (Lipinski definition) is 1. The van der Waals surface area contributed by atoms with Crippen LogP contribution < -0.4 is 5.32 Å². The molecule has 0 bridgehead atoms. The van der Waals surface area contributed by atoms with Crippen LogP contribution in [-0.2, 0) is 11.3 Å². The molecule has 1 aromatic heterocycles. The number of thiazole rings is 1. The van der Waals surface area contributed by atoms with Crippen molar-refractivity contribution in [3.8, 4) is 10.6 Å². The van der Waals surface area contributed by atoms with Gasteiger partial charge in [0.05, 0.1) is 5.69 Å². The molecule has 2 fully saturated rings. The van der Waals surface area contributed by atoms with Gasteiger partial charge >= 0.3 is 6.09 Å². The number of benzene rings is 1. The van der Waals surface area contributed by atoms with Gasteiger partial charge in [-0.05, 0) is 46.0 Å². The van der Waals surface area contributed by atoms with Crippen molar-refractivity contribution in [3.05, 3.63) is 40.4 Å². The first kappa shape index (κ1) is 22.6. The summed E-state index contributed by atoms with van der Waals surface area (Å²) in [5, 5.41) is 4.45. The SMILES string of the molecule is CC(C)(C)OC(=O)N1[C@@H](CNCc2nc(-c3ccccc3)sc2Cl)C[C@@H]2CCCC[C@@H]21. The number of ether oxygens (including phenoxy) is 1. The minimum absolute atomic E-state index is 0.147. The van der Waals surface area contributed by atoms with Gasteiger partial charge in [-0.25, -0.2) is 9.78 Å².